The van der Waals surface area contributed by atoms with E-state index in [4.69, 9.17) is 21.1 Å². The quantitative estimate of drug-likeness (QED) is 0.407. The summed E-state index contributed by atoms with van der Waals surface area (Å²) in [7, 11) is 0. The van der Waals surface area contributed by atoms with Gasteiger partial charge in [0.05, 0.1) is 19.8 Å². The van der Waals surface area contributed by atoms with Gasteiger partial charge in [0, 0.05) is 37.2 Å². The van der Waals surface area contributed by atoms with Crippen molar-refractivity contribution in [3.05, 3.63) is 34.9 Å². The highest BCUT2D eigenvalue weighted by Gasteiger charge is 2.15. The highest BCUT2D eigenvalue weighted by atomic mass is 35.5. The first-order chi connectivity index (χ1) is 11.8. The number of halogens is 1. The summed E-state index contributed by atoms with van der Waals surface area (Å²) in [6.07, 6.45) is 2.07. The van der Waals surface area contributed by atoms with Crippen molar-refractivity contribution in [3.63, 3.8) is 0 Å². The highest BCUT2D eigenvalue weighted by Crippen LogP contribution is 2.15. The van der Waals surface area contributed by atoms with Crippen molar-refractivity contribution in [3.8, 4) is 0 Å². The predicted molar refractivity (Wildman–Crippen MR) is 98.6 cm³/mol. The molecule has 2 rings (SSSR count). The Bertz CT molecular complexity index is 505. The Morgan fingerprint density at radius 3 is 3.00 bits per heavy atom. The molecule has 5 nitrogen and oxygen atoms in total. The zero-order valence-corrected chi connectivity index (χ0v) is 15.1. The summed E-state index contributed by atoms with van der Waals surface area (Å²) in [6, 6.07) is 7.79. The standard InChI is InChI=1S/C18H28ClN3O2/c1-2-20-18(22-12-16-6-3-4-7-17(16)19)21-9-5-10-23-13-15-8-11-24-14-15/h3-4,6-7,15H,2,5,8-14H2,1H3,(H2,20,21,22). The summed E-state index contributed by atoms with van der Waals surface area (Å²) < 4.78 is 11.0. The van der Waals surface area contributed by atoms with Crippen LogP contribution >= 0.6 is 11.6 Å². The van der Waals surface area contributed by atoms with Gasteiger partial charge >= 0.3 is 0 Å². The van der Waals surface area contributed by atoms with E-state index in [1.807, 2.05) is 24.3 Å². The number of nitrogens with one attached hydrogen (secondary N) is 2. The third kappa shape index (κ3) is 7.07. The van der Waals surface area contributed by atoms with Gasteiger partial charge in [0.1, 0.15) is 0 Å². The van der Waals surface area contributed by atoms with Crippen molar-refractivity contribution in [2.24, 2.45) is 10.9 Å². The Morgan fingerprint density at radius 2 is 2.25 bits per heavy atom. The molecule has 0 aromatic heterocycles. The van der Waals surface area contributed by atoms with E-state index in [1.54, 1.807) is 0 Å². The molecule has 24 heavy (non-hydrogen) atoms. The second-order valence-electron chi connectivity index (χ2n) is 5.87. The molecule has 0 spiro atoms. The Kier molecular flexibility index (Phi) is 8.95. The first-order valence-electron chi connectivity index (χ1n) is 8.70. The molecule has 0 radical (unpaired) electrons. The highest BCUT2D eigenvalue weighted by molar-refractivity contribution is 6.31. The molecule has 1 unspecified atom stereocenters. The van der Waals surface area contributed by atoms with Crippen LogP contribution in [-0.4, -0.2) is 45.5 Å². The van der Waals surface area contributed by atoms with E-state index in [9.17, 15) is 0 Å². The van der Waals surface area contributed by atoms with Gasteiger partial charge < -0.3 is 20.1 Å². The third-order valence-electron chi connectivity index (χ3n) is 3.85. The number of nitrogens with zero attached hydrogens (tertiary/aromatic N) is 1. The van der Waals surface area contributed by atoms with E-state index in [-0.39, 0.29) is 0 Å². The molecule has 1 aliphatic rings. The summed E-state index contributed by atoms with van der Waals surface area (Å²) >= 11 is 6.16. The van der Waals surface area contributed by atoms with Gasteiger partial charge in [0.15, 0.2) is 5.96 Å². The lowest BCUT2D eigenvalue weighted by atomic mass is 10.1. The summed E-state index contributed by atoms with van der Waals surface area (Å²) in [4.78, 5) is 4.58. The van der Waals surface area contributed by atoms with E-state index in [2.05, 4.69) is 22.5 Å². The van der Waals surface area contributed by atoms with Crippen molar-refractivity contribution in [2.75, 3.05) is 39.5 Å². The molecular weight excluding hydrogens is 326 g/mol. The van der Waals surface area contributed by atoms with Crippen LogP contribution in [-0.2, 0) is 16.0 Å². The number of benzene rings is 1. The molecule has 0 bridgehead atoms. The van der Waals surface area contributed by atoms with Gasteiger partial charge in [-0.3, -0.25) is 0 Å². The van der Waals surface area contributed by atoms with Gasteiger partial charge in [-0.25, -0.2) is 4.99 Å². The van der Waals surface area contributed by atoms with Crippen LogP contribution in [0.5, 0.6) is 0 Å². The number of rotatable bonds is 9. The topological polar surface area (TPSA) is 54.9 Å². The van der Waals surface area contributed by atoms with Gasteiger partial charge in [0.2, 0.25) is 0 Å². The molecule has 1 heterocycles. The summed E-state index contributed by atoms with van der Waals surface area (Å²) in [5.74, 6) is 1.38. The summed E-state index contributed by atoms with van der Waals surface area (Å²) in [5.41, 5.74) is 1.03. The minimum absolute atomic E-state index is 0.563. The van der Waals surface area contributed by atoms with Crippen LogP contribution in [0.3, 0.4) is 0 Å². The maximum atomic E-state index is 6.16. The lowest BCUT2D eigenvalue weighted by Gasteiger charge is -2.12. The summed E-state index contributed by atoms with van der Waals surface area (Å²) in [5, 5.41) is 7.33. The number of hydrogen-bond acceptors (Lipinski definition) is 3. The Hall–Kier alpha value is -1.30. The van der Waals surface area contributed by atoms with Crippen LogP contribution in [0.2, 0.25) is 5.02 Å². The zero-order valence-electron chi connectivity index (χ0n) is 14.4. The van der Waals surface area contributed by atoms with Crippen LogP contribution in [0.1, 0.15) is 25.3 Å². The van der Waals surface area contributed by atoms with E-state index >= 15 is 0 Å². The molecule has 0 aliphatic carbocycles. The minimum atomic E-state index is 0.563. The molecule has 1 atom stereocenters. The largest absolute Gasteiger partial charge is 0.381 e. The first-order valence-corrected chi connectivity index (χ1v) is 9.08. The van der Waals surface area contributed by atoms with Crippen molar-refractivity contribution in [1.29, 1.82) is 0 Å². The minimum Gasteiger partial charge on any atom is -0.381 e. The Labute approximate surface area is 149 Å². The fraction of sp³-hybridized carbons (Fsp3) is 0.611. The Balaban J connectivity index is 1.64. The SMILES string of the molecule is CCNC(=NCc1ccccc1Cl)NCCCOCC1CCOC1. The second kappa shape index (κ2) is 11.3. The maximum absolute atomic E-state index is 6.16. The Morgan fingerprint density at radius 1 is 1.38 bits per heavy atom. The molecular formula is C18H28ClN3O2. The zero-order chi connectivity index (χ0) is 17.0. The van der Waals surface area contributed by atoms with Crippen LogP contribution in [0, 0.1) is 5.92 Å². The number of aliphatic imine (C=N–C) groups is 1. The third-order valence-corrected chi connectivity index (χ3v) is 4.21. The number of hydrogen-bond donors (Lipinski definition) is 2. The van der Waals surface area contributed by atoms with Crippen LogP contribution < -0.4 is 10.6 Å². The molecule has 6 heteroatoms. The van der Waals surface area contributed by atoms with E-state index in [1.165, 1.54) is 0 Å². The van der Waals surface area contributed by atoms with Gasteiger partial charge in [-0.15, -0.1) is 0 Å². The molecule has 1 saturated heterocycles. The fourth-order valence-electron chi connectivity index (χ4n) is 2.48. The molecule has 0 saturated carbocycles. The van der Waals surface area contributed by atoms with E-state index in [0.29, 0.717) is 12.5 Å². The van der Waals surface area contributed by atoms with Crippen molar-refractivity contribution >= 4 is 17.6 Å². The van der Waals surface area contributed by atoms with Crippen molar-refractivity contribution in [1.82, 2.24) is 10.6 Å². The van der Waals surface area contributed by atoms with Gasteiger partial charge in [-0.2, -0.15) is 0 Å². The van der Waals surface area contributed by atoms with Gasteiger partial charge in [0.25, 0.3) is 0 Å². The lowest BCUT2D eigenvalue weighted by Crippen LogP contribution is -2.38. The maximum Gasteiger partial charge on any atom is 0.191 e. The van der Waals surface area contributed by atoms with Crippen LogP contribution in [0.15, 0.2) is 29.3 Å². The molecule has 0 amide bonds. The molecule has 1 fully saturated rings. The van der Waals surface area contributed by atoms with Crippen molar-refractivity contribution < 1.29 is 9.47 Å². The normalized spacial score (nSPS) is 17.9. The van der Waals surface area contributed by atoms with Crippen LogP contribution in [0.25, 0.3) is 0 Å². The first kappa shape index (κ1) is 19.0. The summed E-state index contributed by atoms with van der Waals surface area (Å²) in [6.45, 7) is 7.56. The second-order valence-corrected chi connectivity index (χ2v) is 6.28. The number of guanidine groups is 1. The fourth-order valence-corrected chi connectivity index (χ4v) is 2.67. The molecule has 2 N–H and O–H groups in total. The lowest BCUT2D eigenvalue weighted by molar-refractivity contribution is 0.0888. The monoisotopic (exact) mass is 353 g/mol. The van der Waals surface area contributed by atoms with Crippen molar-refractivity contribution in [2.45, 2.75) is 26.3 Å². The van der Waals surface area contributed by atoms with Crippen LogP contribution in [0.4, 0.5) is 0 Å². The average Bonchev–Trinajstić information content (AvgIpc) is 3.10. The van der Waals surface area contributed by atoms with E-state index < -0.39 is 0 Å². The van der Waals surface area contributed by atoms with Gasteiger partial charge in [-0.05, 0) is 31.4 Å². The smallest absolute Gasteiger partial charge is 0.191 e. The number of ether oxygens (including phenoxy) is 2. The molecule has 1 aromatic carbocycles. The predicted octanol–water partition coefficient (Wildman–Crippen LogP) is 2.84. The average molecular weight is 354 g/mol. The molecule has 1 aliphatic heterocycles. The molecule has 134 valence electrons. The van der Waals surface area contributed by atoms with Gasteiger partial charge in [-0.1, -0.05) is 29.8 Å². The van der Waals surface area contributed by atoms with E-state index in [0.717, 1.165) is 68.9 Å². The molecule has 1 aromatic rings.